The van der Waals surface area contributed by atoms with Crippen LogP contribution in [0.4, 0.5) is 0 Å². The second-order valence-corrected chi connectivity index (χ2v) is 9.28. The van der Waals surface area contributed by atoms with E-state index < -0.39 is 17.5 Å². The summed E-state index contributed by atoms with van der Waals surface area (Å²) in [7, 11) is 0. The Labute approximate surface area is 218 Å². The van der Waals surface area contributed by atoms with Crippen molar-refractivity contribution in [1.82, 2.24) is 0 Å². The Kier molecular flexibility index (Phi) is 17.5. The highest BCUT2D eigenvalue weighted by Crippen LogP contribution is 2.53. The summed E-state index contributed by atoms with van der Waals surface area (Å²) in [6.07, 6.45) is 14.1. The largest absolute Gasteiger partial charge is 0.503 e. The Hall–Kier alpha value is -2.31. The number of hydrogen-bond donors (Lipinski definition) is 2. The van der Waals surface area contributed by atoms with Crippen LogP contribution in [-0.2, 0) is 4.74 Å². The number of carbonyl (C=O) groups is 1. The normalized spacial score (nSPS) is 10.9. The van der Waals surface area contributed by atoms with Gasteiger partial charge in [0.15, 0.2) is 17.1 Å². The zero-order valence-electron chi connectivity index (χ0n) is 23.2. The maximum absolute atomic E-state index is 13.1. The van der Waals surface area contributed by atoms with Crippen LogP contribution in [0, 0.1) is 0 Å². The summed E-state index contributed by atoms with van der Waals surface area (Å²) in [5.41, 5.74) is -0.211. The summed E-state index contributed by atoms with van der Waals surface area (Å²) in [6.45, 7) is 9.59. The Balaban J connectivity index is 3.06. The first-order valence-corrected chi connectivity index (χ1v) is 14.2. The highest BCUT2D eigenvalue weighted by atomic mass is 16.6. The van der Waals surface area contributed by atoms with Crippen LogP contribution in [-0.4, -0.2) is 42.6 Å². The molecule has 0 unspecified atom stereocenters. The molecule has 0 heterocycles. The van der Waals surface area contributed by atoms with E-state index >= 15 is 0 Å². The third kappa shape index (κ3) is 11.2. The standard InChI is InChI=1S/C29H50O7/c1-5-9-13-14-15-16-17-18-22-36-29(32)23-24(30)25(31)27(34-20-11-7-3)28(35-21-12-8-4)26(23)33-19-10-6-2/h30-31H,5-22H2,1-4H3. The van der Waals surface area contributed by atoms with E-state index in [9.17, 15) is 15.0 Å². The van der Waals surface area contributed by atoms with Gasteiger partial charge >= 0.3 is 5.97 Å². The predicted octanol–water partition coefficient (Wildman–Crippen LogP) is 7.93. The van der Waals surface area contributed by atoms with Gasteiger partial charge in [0, 0.05) is 0 Å². The number of phenolic OH excluding ortho intramolecular Hbond substituents is 2. The zero-order valence-corrected chi connectivity index (χ0v) is 23.2. The Morgan fingerprint density at radius 2 is 0.972 bits per heavy atom. The molecule has 36 heavy (non-hydrogen) atoms. The highest BCUT2D eigenvalue weighted by molar-refractivity contribution is 5.99. The van der Waals surface area contributed by atoms with Crippen molar-refractivity contribution in [2.24, 2.45) is 0 Å². The molecule has 0 aliphatic rings. The van der Waals surface area contributed by atoms with Crippen LogP contribution in [0.3, 0.4) is 0 Å². The van der Waals surface area contributed by atoms with Gasteiger partial charge in [0.1, 0.15) is 0 Å². The van der Waals surface area contributed by atoms with E-state index in [0.29, 0.717) is 19.8 Å². The van der Waals surface area contributed by atoms with Crippen molar-refractivity contribution in [2.75, 3.05) is 26.4 Å². The third-order valence-corrected chi connectivity index (χ3v) is 5.98. The molecule has 1 rings (SSSR count). The number of phenols is 2. The molecule has 7 nitrogen and oxygen atoms in total. The fourth-order valence-electron chi connectivity index (χ4n) is 3.68. The molecule has 0 fully saturated rings. The third-order valence-electron chi connectivity index (χ3n) is 5.98. The minimum atomic E-state index is -0.738. The van der Waals surface area contributed by atoms with Crippen LogP contribution in [0.1, 0.15) is 128 Å². The maximum Gasteiger partial charge on any atom is 0.346 e. The molecule has 0 saturated carbocycles. The minimum Gasteiger partial charge on any atom is -0.503 e. The number of carbonyl (C=O) groups excluding carboxylic acids is 1. The number of unbranched alkanes of at least 4 members (excludes halogenated alkanes) is 10. The van der Waals surface area contributed by atoms with Gasteiger partial charge in [-0.25, -0.2) is 4.79 Å². The van der Waals surface area contributed by atoms with E-state index in [2.05, 4.69) is 6.92 Å². The molecule has 1 aromatic carbocycles. The fourth-order valence-corrected chi connectivity index (χ4v) is 3.68. The Morgan fingerprint density at radius 1 is 0.528 bits per heavy atom. The fraction of sp³-hybridized carbons (Fsp3) is 0.759. The smallest absolute Gasteiger partial charge is 0.346 e. The van der Waals surface area contributed by atoms with Crippen molar-refractivity contribution < 1.29 is 34.0 Å². The van der Waals surface area contributed by atoms with Crippen LogP contribution in [0.5, 0.6) is 28.7 Å². The van der Waals surface area contributed by atoms with Crippen molar-refractivity contribution in [2.45, 2.75) is 118 Å². The van der Waals surface area contributed by atoms with Crippen molar-refractivity contribution in [3.8, 4) is 28.7 Å². The number of esters is 1. The van der Waals surface area contributed by atoms with E-state index in [-0.39, 0.29) is 29.4 Å². The Bertz CT molecular complexity index is 733. The van der Waals surface area contributed by atoms with Crippen LogP contribution in [0.15, 0.2) is 0 Å². The first-order chi connectivity index (χ1) is 17.5. The van der Waals surface area contributed by atoms with E-state index in [1.54, 1.807) is 0 Å². The number of aromatic hydroxyl groups is 2. The van der Waals surface area contributed by atoms with Crippen LogP contribution < -0.4 is 14.2 Å². The van der Waals surface area contributed by atoms with Crippen molar-refractivity contribution in [1.29, 1.82) is 0 Å². The molecular formula is C29H50O7. The molecule has 0 radical (unpaired) electrons. The topological polar surface area (TPSA) is 94.5 Å². The van der Waals surface area contributed by atoms with Gasteiger partial charge < -0.3 is 29.2 Å². The van der Waals surface area contributed by atoms with E-state index in [0.717, 1.165) is 57.8 Å². The van der Waals surface area contributed by atoms with Crippen molar-refractivity contribution in [3.63, 3.8) is 0 Å². The van der Waals surface area contributed by atoms with Gasteiger partial charge in [-0.05, 0) is 25.7 Å². The SMILES string of the molecule is CCCCCCCCCCOC(=O)c1c(O)c(O)c(OCCCC)c(OCCCC)c1OCCCC. The van der Waals surface area contributed by atoms with Crippen LogP contribution in [0.2, 0.25) is 0 Å². The molecule has 0 aliphatic heterocycles. The average molecular weight is 511 g/mol. The molecule has 208 valence electrons. The van der Waals surface area contributed by atoms with E-state index in [1.165, 1.54) is 32.1 Å². The van der Waals surface area contributed by atoms with Crippen LogP contribution in [0.25, 0.3) is 0 Å². The van der Waals surface area contributed by atoms with Gasteiger partial charge in [-0.1, -0.05) is 91.9 Å². The number of ether oxygens (including phenoxy) is 4. The molecule has 0 bridgehead atoms. The van der Waals surface area contributed by atoms with Gasteiger partial charge in [0.2, 0.25) is 17.2 Å². The van der Waals surface area contributed by atoms with E-state index in [4.69, 9.17) is 18.9 Å². The second-order valence-electron chi connectivity index (χ2n) is 9.28. The summed E-state index contributed by atoms with van der Waals surface area (Å²) in [6, 6.07) is 0. The second kappa shape index (κ2) is 19.8. The first kappa shape index (κ1) is 31.7. The monoisotopic (exact) mass is 510 g/mol. The van der Waals surface area contributed by atoms with Gasteiger partial charge in [-0.2, -0.15) is 0 Å². The summed E-state index contributed by atoms with van der Waals surface area (Å²) < 4.78 is 23.2. The van der Waals surface area contributed by atoms with Crippen LogP contribution >= 0.6 is 0 Å². The lowest BCUT2D eigenvalue weighted by atomic mass is 10.1. The summed E-state index contributed by atoms with van der Waals surface area (Å²) in [5.74, 6) is -1.65. The number of hydrogen-bond acceptors (Lipinski definition) is 7. The lowest BCUT2D eigenvalue weighted by Crippen LogP contribution is -2.13. The van der Waals surface area contributed by atoms with Crippen molar-refractivity contribution >= 4 is 5.97 Å². The summed E-state index contributed by atoms with van der Waals surface area (Å²) >= 11 is 0. The molecule has 7 heteroatoms. The summed E-state index contributed by atoms with van der Waals surface area (Å²) in [5, 5.41) is 21.6. The van der Waals surface area contributed by atoms with Gasteiger partial charge in [0.05, 0.1) is 26.4 Å². The van der Waals surface area contributed by atoms with Gasteiger partial charge in [-0.3, -0.25) is 0 Å². The highest BCUT2D eigenvalue weighted by Gasteiger charge is 2.32. The predicted molar refractivity (Wildman–Crippen MR) is 144 cm³/mol. The lowest BCUT2D eigenvalue weighted by molar-refractivity contribution is 0.0487. The molecule has 0 amide bonds. The molecule has 0 aliphatic carbocycles. The number of benzene rings is 1. The van der Waals surface area contributed by atoms with Gasteiger partial charge in [-0.15, -0.1) is 0 Å². The molecular weight excluding hydrogens is 460 g/mol. The molecule has 2 N–H and O–H groups in total. The maximum atomic E-state index is 13.1. The quantitative estimate of drug-likeness (QED) is 0.0929. The molecule has 1 aromatic rings. The summed E-state index contributed by atoms with van der Waals surface area (Å²) in [4.78, 5) is 13.1. The molecule has 0 spiro atoms. The zero-order chi connectivity index (χ0) is 26.6. The number of rotatable bonds is 22. The minimum absolute atomic E-state index is 0.00294. The molecule has 0 atom stereocenters. The average Bonchev–Trinajstić information content (AvgIpc) is 2.87. The first-order valence-electron chi connectivity index (χ1n) is 14.2. The lowest BCUT2D eigenvalue weighted by Gasteiger charge is -2.21. The molecule has 0 saturated heterocycles. The van der Waals surface area contributed by atoms with E-state index in [1.807, 2.05) is 20.8 Å². The molecule has 0 aromatic heterocycles. The van der Waals surface area contributed by atoms with Crippen molar-refractivity contribution in [3.05, 3.63) is 5.56 Å². The van der Waals surface area contributed by atoms with Gasteiger partial charge in [0.25, 0.3) is 0 Å². The Morgan fingerprint density at radius 3 is 1.50 bits per heavy atom.